The molecular weight excluding hydrogens is 465 g/mol. The molecule has 37 heavy (non-hydrogen) atoms. The first kappa shape index (κ1) is 32.0. The number of carbonyl (C=O) groups excluding carboxylic acids is 1. The summed E-state index contributed by atoms with van der Waals surface area (Å²) in [4.78, 5) is 23.6. The van der Waals surface area contributed by atoms with Crippen molar-refractivity contribution < 1.29 is 12.0 Å². The fourth-order valence-electron chi connectivity index (χ4n) is 3.36. The molecule has 2 atom stereocenters. The van der Waals surface area contributed by atoms with Gasteiger partial charge in [-0.3, -0.25) is 14.8 Å². The number of pyridine rings is 1. The van der Waals surface area contributed by atoms with Gasteiger partial charge in [-0.2, -0.15) is 0 Å². The van der Waals surface area contributed by atoms with Crippen molar-refractivity contribution in [1.82, 2.24) is 15.2 Å². The molecular formula is C30H50FN5O. The van der Waals surface area contributed by atoms with E-state index in [0.29, 0.717) is 22.7 Å². The molecule has 1 unspecified atom stereocenters. The van der Waals surface area contributed by atoms with Crippen LogP contribution in [0.3, 0.4) is 0 Å². The Balaban J connectivity index is 0. The maximum Gasteiger partial charge on any atom is 0.257 e. The molecule has 2 rings (SSSR count). The number of amides is 1. The molecule has 1 amide bonds. The van der Waals surface area contributed by atoms with Crippen molar-refractivity contribution >= 4 is 17.8 Å². The van der Waals surface area contributed by atoms with Crippen LogP contribution in [0.25, 0.3) is 0 Å². The molecule has 0 spiro atoms. The summed E-state index contributed by atoms with van der Waals surface area (Å²) in [5.41, 5.74) is 1.85. The molecule has 208 valence electrons. The second-order valence-electron chi connectivity index (χ2n) is 9.75. The third kappa shape index (κ3) is 10.8. The van der Waals surface area contributed by atoms with E-state index in [9.17, 15) is 9.18 Å². The molecule has 0 aliphatic carbocycles. The average Bonchev–Trinajstić information content (AvgIpc) is 2.87. The van der Waals surface area contributed by atoms with Crippen LogP contribution < -0.4 is 10.6 Å². The molecule has 2 N–H and O–H groups in total. The number of halogens is 1. The SMILES string of the molecule is CC.CCN(C)/C=C(/N=CC(C)N[C@@H](C)c1cccc(NC(=O)c2cncc(C(C)(C)F)c2)c1)C(C)C.[HH].[HH]. The molecule has 0 fully saturated rings. The summed E-state index contributed by atoms with van der Waals surface area (Å²) >= 11 is 0. The van der Waals surface area contributed by atoms with Crippen LogP contribution in [0, 0.1) is 5.92 Å². The highest BCUT2D eigenvalue weighted by Crippen LogP contribution is 2.25. The Bertz CT molecular complexity index is 1050. The van der Waals surface area contributed by atoms with Gasteiger partial charge in [0, 0.05) is 64.6 Å². The molecule has 0 saturated carbocycles. The van der Waals surface area contributed by atoms with Crippen molar-refractivity contribution in [2.45, 2.75) is 80.1 Å². The Morgan fingerprint density at radius 1 is 1.19 bits per heavy atom. The van der Waals surface area contributed by atoms with E-state index >= 15 is 0 Å². The summed E-state index contributed by atoms with van der Waals surface area (Å²) in [5, 5.41) is 6.43. The quantitative estimate of drug-likeness (QED) is 0.302. The largest absolute Gasteiger partial charge is 0.379 e. The topological polar surface area (TPSA) is 69.6 Å². The van der Waals surface area contributed by atoms with Crippen molar-refractivity contribution in [1.29, 1.82) is 0 Å². The molecule has 1 heterocycles. The number of hydrogen-bond acceptors (Lipinski definition) is 5. The van der Waals surface area contributed by atoms with Crippen LogP contribution in [-0.2, 0) is 5.67 Å². The van der Waals surface area contributed by atoms with Gasteiger partial charge in [0.05, 0.1) is 11.3 Å². The Labute approximate surface area is 226 Å². The molecule has 1 aromatic heterocycles. The van der Waals surface area contributed by atoms with Crippen LogP contribution >= 0.6 is 0 Å². The number of alkyl halides is 1. The first-order chi connectivity index (χ1) is 17.4. The average molecular weight is 516 g/mol. The summed E-state index contributed by atoms with van der Waals surface area (Å²) in [6.07, 6.45) is 6.90. The zero-order valence-electron chi connectivity index (χ0n) is 24.3. The Hall–Kier alpha value is -3.06. The monoisotopic (exact) mass is 515 g/mol. The highest BCUT2D eigenvalue weighted by atomic mass is 19.1. The second-order valence-corrected chi connectivity index (χ2v) is 9.75. The van der Waals surface area contributed by atoms with E-state index in [1.807, 2.05) is 51.4 Å². The van der Waals surface area contributed by atoms with Gasteiger partial charge in [-0.15, -0.1) is 0 Å². The van der Waals surface area contributed by atoms with Gasteiger partial charge in [0.15, 0.2) is 0 Å². The van der Waals surface area contributed by atoms with E-state index in [0.717, 1.165) is 17.8 Å². The second kappa shape index (κ2) is 15.3. The van der Waals surface area contributed by atoms with Crippen molar-refractivity contribution in [2.75, 3.05) is 18.9 Å². The Kier molecular flexibility index (Phi) is 13.2. The summed E-state index contributed by atoms with van der Waals surface area (Å²) in [6.45, 7) is 18.3. The lowest BCUT2D eigenvalue weighted by Gasteiger charge is -2.19. The number of nitrogens with zero attached hydrogens (tertiary/aromatic N) is 3. The highest BCUT2D eigenvalue weighted by molar-refractivity contribution is 6.04. The standard InChI is InChI=1S/C28H40FN5O.C2H6.2H2/c1-9-34(8)18-26(19(2)3)31-15-20(4)32-21(5)22-11-10-12-25(14-22)33-27(35)23-13-24(17-30-16-23)28(6,7)29;1-2;;/h10-21,32H,9H2,1-8H3,(H,33,35);1-2H3;2*1H/b26-18+,31-15?;;;/t20?,21-;;;/m0.../s1. The van der Waals surface area contributed by atoms with E-state index in [1.165, 1.54) is 32.3 Å². The normalized spacial score (nSPS) is 13.7. The van der Waals surface area contributed by atoms with Gasteiger partial charge in [-0.25, -0.2) is 4.39 Å². The van der Waals surface area contributed by atoms with E-state index in [-0.39, 0.29) is 20.8 Å². The number of aromatic nitrogens is 1. The molecule has 0 saturated heterocycles. The molecule has 1 aromatic carbocycles. The smallest absolute Gasteiger partial charge is 0.257 e. The lowest BCUT2D eigenvalue weighted by atomic mass is 10.0. The van der Waals surface area contributed by atoms with Crippen molar-refractivity contribution in [3.63, 3.8) is 0 Å². The number of carbonyl (C=O) groups is 1. The predicted molar refractivity (Wildman–Crippen MR) is 159 cm³/mol. The minimum atomic E-state index is -1.57. The van der Waals surface area contributed by atoms with Gasteiger partial charge in [0.2, 0.25) is 0 Å². The fourth-order valence-corrected chi connectivity index (χ4v) is 3.36. The number of anilines is 1. The third-order valence-corrected chi connectivity index (χ3v) is 5.73. The first-order valence-electron chi connectivity index (χ1n) is 13.2. The number of rotatable bonds is 11. The molecule has 7 heteroatoms. The van der Waals surface area contributed by atoms with Gasteiger partial charge < -0.3 is 15.5 Å². The first-order valence-corrected chi connectivity index (χ1v) is 13.2. The van der Waals surface area contributed by atoms with Crippen molar-refractivity contribution in [3.8, 4) is 0 Å². The van der Waals surface area contributed by atoms with Crippen LogP contribution in [0.2, 0.25) is 0 Å². The highest BCUT2D eigenvalue weighted by Gasteiger charge is 2.21. The third-order valence-electron chi connectivity index (χ3n) is 5.73. The summed E-state index contributed by atoms with van der Waals surface area (Å²) in [6, 6.07) is 9.31. The molecule has 0 bridgehead atoms. The lowest BCUT2D eigenvalue weighted by molar-refractivity contribution is 0.102. The zero-order valence-corrected chi connectivity index (χ0v) is 24.3. The van der Waals surface area contributed by atoms with Crippen LogP contribution in [0.15, 0.2) is 59.6 Å². The van der Waals surface area contributed by atoms with Gasteiger partial charge >= 0.3 is 0 Å². The van der Waals surface area contributed by atoms with E-state index in [4.69, 9.17) is 4.99 Å². The van der Waals surface area contributed by atoms with Crippen LogP contribution in [0.4, 0.5) is 10.1 Å². The van der Waals surface area contributed by atoms with Gasteiger partial charge in [0.1, 0.15) is 5.67 Å². The zero-order chi connectivity index (χ0) is 28.2. The molecule has 6 nitrogen and oxygen atoms in total. The predicted octanol–water partition coefficient (Wildman–Crippen LogP) is 7.62. The van der Waals surface area contributed by atoms with Crippen LogP contribution in [-0.4, -0.2) is 41.6 Å². The minimum absolute atomic E-state index is 0. The van der Waals surface area contributed by atoms with Gasteiger partial charge in [-0.1, -0.05) is 39.8 Å². The number of nitrogens with one attached hydrogen (secondary N) is 2. The summed E-state index contributed by atoms with van der Waals surface area (Å²) < 4.78 is 14.3. The van der Waals surface area contributed by atoms with Crippen molar-refractivity contribution in [2.24, 2.45) is 10.9 Å². The molecule has 0 aliphatic rings. The van der Waals surface area contributed by atoms with E-state index in [2.05, 4.69) is 61.3 Å². The van der Waals surface area contributed by atoms with Gasteiger partial charge in [-0.05, 0) is 64.3 Å². The Morgan fingerprint density at radius 3 is 2.46 bits per heavy atom. The molecule has 0 radical (unpaired) electrons. The number of hydrogen-bond donors (Lipinski definition) is 2. The molecule has 0 aliphatic heterocycles. The lowest BCUT2D eigenvalue weighted by Crippen LogP contribution is -2.30. The number of aliphatic imine (C=N–C) groups is 1. The fraction of sp³-hybridized carbons (Fsp3) is 0.500. The summed E-state index contributed by atoms with van der Waals surface area (Å²) in [7, 11) is 2.04. The van der Waals surface area contributed by atoms with E-state index < -0.39 is 5.67 Å². The van der Waals surface area contributed by atoms with Crippen molar-refractivity contribution in [3.05, 3.63) is 71.3 Å². The number of allylic oxidation sites excluding steroid dienone is 1. The summed E-state index contributed by atoms with van der Waals surface area (Å²) in [5.74, 6) is 0.00366. The van der Waals surface area contributed by atoms with Crippen LogP contribution in [0.1, 0.15) is 92.7 Å². The number of benzene rings is 1. The minimum Gasteiger partial charge on any atom is -0.379 e. The van der Waals surface area contributed by atoms with Crippen LogP contribution in [0.5, 0.6) is 0 Å². The maximum absolute atomic E-state index is 14.3. The molecule has 2 aromatic rings. The Morgan fingerprint density at radius 2 is 1.86 bits per heavy atom. The van der Waals surface area contributed by atoms with E-state index in [1.54, 1.807) is 0 Å². The van der Waals surface area contributed by atoms with Gasteiger partial charge in [0.25, 0.3) is 5.91 Å². The maximum atomic E-state index is 14.3.